The van der Waals surface area contributed by atoms with Crippen molar-refractivity contribution in [3.8, 4) is 5.75 Å². The normalized spacial score (nSPS) is 12.0. The number of nitrogens with zero attached hydrogens (tertiary/aromatic N) is 2. The van der Waals surface area contributed by atoms with E-state index in [1.54, 1.807) is 23.0 Å². The van der Waals surface area contributed by atoms with Crippen molar-refractivity contribution in [2.75, 3.05) is 6.61 Å². The van der Waals surface area contributed by atoms with Crippen LogP contribution < -0.4 is 10.5 Å². The molecule has 0 saturated carbocycles. The third kappa shape index (κ3) is 5.92. The van der Waals surface area contributed by atoms with Crippen molar-refractivity contribution in [2.45, 2.75) is 24.6 Å². The number of rotatable bonds is 10. The lowest BCUT2D eigenvalue weighted by atomic mass is 10.0. The molecule has 0 radical (unpaired) electrons. The SMILES string of the molecule is NC(=O)CC(c1ccc(Cn2cccn2)cc1OCCc1ccccc1)[SH](=O)=O. The van der Waals surface area contributed by atoms with Crippen molar-refractivity contribution in [1.29, 1.82) is 0 Å². The van der Waals surface area contributed by atoms with Gasteiger partial charge in [0.05, 0.1) is 18.4 Å². The molecule has 1 unspecified atom stereocenters. The summed E-state index contributed by atoms with van der Waals surface area (Å²) < 4.78 is 31.3. The molecular weight excluding hydrogens is 390 g/mol. The maximum atomic E-state index is 11.8. The lowest BCUT2D eigenvalue weighted by Crippen LogP contribution is -2.17. The number of hydrogen-bond donors (Lipinski definition) is 2. The average molecular weight is 413 g/mol. The Labute approximate surface area is 171 Å². The van der Waals surface area contributed by atoms with E-state index in [1.165, 1.54) is 0 Å². The molecule has 0 bridgehead atoms. The summed E-state index contributed by atoms with van der Waals surface area (Å²) >= 11 is 0. The van der Waals surface area contributed by atoms with E-state index in [0.29, 0.717) is 30.9 Å². The molecule has 8 heteroatoms. The van der Waals surface area contributed by atoms with Crippen LogP contribution in [0.4, 0.5) is 0 Å². The number of aromatic nitrogens is 2. The van der Waals surface area contributed by atoms with Crippen LogP contribution in [0.5, 0.6) is 5.75 Å². The predicted octanol–water partition coefficient (Wildman–Crippen LogP) is 2.08. The summed E-state index contributed by atoms with van der Waals surface area (Å²) in [7, 11) is -2.90. The van der Waals surface area contributed by atoms with Crippen LogP contribution in [0.1, 0.15) is 28.4 Å². The van der Waals surface area contributed by atoms with Crippen LogP contribution in [0, 0.1) is 0 Å². The average Bonchev–Trinajstić information content (AvgIpc) is 3.20. The Bertz CT molecular complexity index is 1010. The first-order valence-electron chi connectivity index (χ1n) is 9.21. The fourth-order valence-corrected chi connectivity index (χ4v) is 3.84. The predicted molar refractivity (Wildman–Crippen MR) is 110 cm³/mol. The Morgan fingerprint density at radius 1 is 1.10 bits per heavy atom. The van der Waals surface area contributed by atoms with Crippen molar-refractivity contribution in [2.24, 2.45) is 5.73 Å². The minimum Gasteiger partial charge on any atom is -0.493 e. The third-order valence-electron chi connectivity index (χ3n) is 4.48. The summed E-state index contributed by atoms with van der Waals surface area (Å²) in [5.74, 6) is -0.235. The summed E-state index contributed by atoms with van der Waals surface area (Å²) in [6.45, 7) is 0.896. The van der Waals surface area contributed by atoms with E-state index < -0.39 is 21.9 Å². The summed E-state index contributed by atoms with van der Waals surface area (Å²) in [5, 5.41) is 3.17. The van der Waals surface area contributed by atoms with Crippen LogP contribution in [0.15, 0.2) is 67.0 Å². The molecule has 0 fully saturated rings. The standard InChI is InChI=1S/C21H23N3O4S/c22-21(25)14-20(29(26)27)18-8-7-17(15-24-11-4-10-23-24)13-19(18)28-12-9-16-5-2-1-3-6-16/h1-8,10-11,13,20,29H,9,12,14-15H2,(H2,22,25). The molecule has 29 heavy (non-hydrogen) atoms. The van der Waals surface area contributed by atoms with Crippen molar-refractivity contribution in [3.63, 3.8) is 0 Å². The molecule has 152 valence electrons. The fourth-order valence-electron chi connectivity index (χ4n) is 3.07. The van der Waals surface area contributed by atoms with Crippen molar-refractivity contribution in [1.82, 2.24) is 9.78 Å². The Morgan fingerprint density at radius 3 is 2.55 bits per heavy atom. The molecular formula is C21H23N3O4S. The zero-order valence-corrected chi connectivity index (χ0v) is 16.7. The molecule has 1 heterocycles. The molecule has 3 rings (SSSR count). The van der Waals surface area contributed by atoms with E-state index in [-0.39, 0.29) is 6.42 Å². The number of nitrogens with two attached hydrogens (primary N) is 1. The number of carbonyl (C=O) groups excluding carboxylic acids is 1. The lowest BCUT2D eigenvalue weighted by Gasteiger charge is -2.17. The Balaban J connectivity index is 1.85. The van der Waals surface area contributed by atoms with E-state index in [0.717, 1.165) is 11.1 Å². The highest BCUT2D eigenvalue weighted by molar-refractivity contribution is 7.72. The van der Waals surface area contributed by atoms with Gasteiger partial charge in [-0.25, -0.2) is 8.42 Å². The van der Waals surface area contributed by atoms with Crippen molar-refractivity contribution in [3.05, 3.63) is 83.7 Å². The smallest absolute Gasteiger partial charge is 0.219 e. The van der Waals surface area contributed by atoms with Gasteiger partial charge in [-0.3, -0.25) is 9.48 Å². The molecule has 1 aromatic heterocycles. The molecule has 0 saturated heterocycles. The number of carbonyl (C=O) groups is 1. The number of benzene rings is 2. The molecule has 0 aliphatic rings. The van der Waals surface area contributed by atoms with Gasteiger partial charge in [0.15, 0.2) is 0 Å². The summed E-state index contributed by atoms with van der Waals surface area (Å²) in [4.78, 5) is 11.4. The number of ether oxygens (including phenoxy) is 1. The van der Waals surface area contributed by atoms with Gasteiger partial charge in [0.25, 0.3) is 0 Å². The van der Waals surface area contributed by atoms with Gasteiger partial charge in [-0.05, 0) is 23.3 Å². The number of hydrogen-bond acceptors (Lipinski definition) is 5. The summed E-state index contributed by atoms with van der Waals surface area (Å²) in [6.07, 6.45) is 3.92. The second-order valence-corrected chi connectivity index (χ2v) is 7.83. The molecule has 0 aliphatic carbocycles. The first kappa shape index (κ1) is 20.6. The molecule has 1 amide bonds. The van der Waals surface area contributed by atoms with E-state index in [2.05, 4.69) is 5.10 Å². The molecule has 2 aromatic carbocycles. The monoisotopic (exact) mass is 413 g/mol. The van der Waals surface area contributed by atoms with E-state index in [9.17, 15) is 13.2 Å². The highest BCUT2D eigenvalue weighted by atomic mass is 32.2. The van der Waals surface area contributed by atoms with Crippen LogP contribution in [0.2, 0.25) is 0 Å². The largest absolute Gasteiger partial charge is 0.493 e. The second kappa shape index (κ2) is 9.88. The van der Waals surface area contributed by atoms with Gasteiger partial charge in [-0.2, -0.15) is 5.10 Å². The van der Waals surface area contributed by atoms with Crippen LogP contribution in [0.3, 0.4) is 0 Å². The second-order valence-electron chi connectivity index (χ2n) is 6.63. The molecule has 3 aromatic rings. The molecule has 7 nitrogen and oxygen atoms in total. The van der Waals surface area contributed by atoms with Crippen LogP contribution in [-0.2, 0) is 28.5 Å². The summed E-state index contributed by atoms with van der Waals surface area (Å²) in [6, 6.07) is 17.0. The quantitative estimate of drug-likeness (QED) is 0.495. The Kier molecular flexibility index (Phi) is 7.02. The fraction of sp³-hybridized carbons (Fsp3) is 0.238. The zero-order chi connectivity index (χ0) is 20.6. The van der Waals surface area contributed by atoms with Gasteiger partial charge in [0, 0.05) is 30.8 Å². The van der Waals surface area contributed by atoms with Crippen molar-refractivity contribution >= 4 is 16.6 Å². The molecule has 2 N–H and O–H groups in total. The van der Waals surface area contributed by atoms with Gasteiger partial charge in [-0.15, -0.1) is 0 Å². The minimum absolute atomic E-state index is 0.285. The van der Waals surface area contributed by atoms with Crippen LogP contribution in [0.25, 0.3) is 0 Å². The van der Waals surface area contributed by atoms with Gasteiger partial charge in [0.2, 0.25) is 5.91 Å². The van der Waals surface area contributed by atoms with E-state index in [4.69, 9.17) is 10.5 Å². The highest BCUT2D eigenvalue weighted by Crippen LogP contribution is 2.31. The maximum Gasteiger partial charge on any atom is 0.219 e. The topological polar surface area (TPSA) is 104 Å². The molecule has 0 spiro atoms. The Morgan fingerprint density at radius 2 is 1.90 bits per heavy atom. The van der Waals surface area contributed by atoms with Crippen LogP contribution >= 0.6 is 0 Å². The lowest BCUT2D eigenvalue weighted by molar-refractivity contribution is -0.118. The maximum absolute atomic E-state index is 11.8. The first-order valence-corrected chi connectivity index (χ1v) is 10.5. The van der Waals surface area contributed by atoms with Gasteiger partial charge < -0.3 is 10.5 Å². The molecule has 1 atom stereocenters. The third-order valence-corrected chi connectivity index (χ3v) is 5.45. The zero-order valence-electron chi connectivity index (χ0n) is 15.8. The van der Waals surface area contributed by atoms with E-state index >= 15 is 0 Å². The van der Waals surface area contributed by atoms with Crippen LogP contribution in [-0.4, -0.2) is 30.7 Å². The highest BCUT2D eigenvalue weighted by Gasteiger charge is 2.22. The van der Waals surface area contributed by atoms with Gasteiger partial charge in [0.1, 0.15) is 16.5 Å². The van der Waals surface area contributed by atoms with E-state index in [1.807, 2.05) is 48.7 Å². The number of thiol groups is 1. The minimum atomic E-state index is -2.90. The number of primary amides is 1. The Hall–Kier alpha value is -3.13. The summed E-state index contributed by atoms with van der Waals surface area (Å²) in [5.41, 5.74) is 7.72. The molecule has 0 aliphatic heterocycles. The van der Waals surface area contributed by atoms with Gasteiger partial charge in [-0.1, -0.05) is 42.5 Å². The van der Waals surface area contributed by atoms with Crippen molar-refractivity contribution < 1.29 is 17.9 Å². The number of amides is 1. The van der Waals surface area contributed by atoms with Gasteiger partial charge >= 0.3 is 0 Å². The first-order chi connectivity index (χ1) is 14.0.